The molecule has 6 rings (SSSR count). The minimum atomic E-state index is -0.833. The van der Waals surface area contributed by atoms with Crippen LogP contribution in [0.2, 0.25) is 0 Å². The summed E-state index contributed by atoms with van der Waals surface area (Å²) in [6.07, 6.45) is 2.59. The van der Waals surface area contributed by atoms with Crippen molar-refractivity contribution in [2.45, 2.75) is 32.7 Å². The Morgan fingerprint density at radius 1 is 1.02 bits per heavy atom. The van der Waals surface area contributed by atoms with Crippen molar-refractivity contribution < 1.29 is 19.4 Å². The fraction of sp³-hybridized carbons (Fsp3) is 0.258. The molecule has 1 aliphatic rings. The van der Waals surface area contributed by atoms with E-state index >= 15 is 0 Å². The molecular formula is C31H32N4O5. The van der Waals surface area contributed by atoms with Gasteiger partial charge >= 0.3 is 0 Å². The number of carboxylic acids is 1. The van der Waals surface area contributed by atoms with Gasteiger partial charge in [0.25, 0.3) is 11.5 Å². The molecule has 4 N–H and O–H groups in total. The Morgan fingerprint density at radius 3 is 2.42 bits per heavy atom. The Hall–Kier alpha value is -4.63. The molecule has 3 aromatic carbocycles. The van der Waals surface area contributed by atoms with Crippen molar-refractivity contribution >= 4 is 27.9 Å². The number of benzene rings is 3. The van der Waals surface area contributed by atoms with Crippen LogP contribution < -0.4 is 20.8 Å². The van der Waals surface area contributed by atoms with E-state index < -0.39 is 5.97 Å². The van der Waals surface area contributed by atoms with Crippen LogP contribution in [0.1, 0.15) is 31.0 Å². The first kappa shape index (κ1) is 27.0. The molecular weight excluding hydrogens is 508 g/mol. The Balaban J connectivity index is 0.000000758. The summed E-state index contributed by atoms with van der Waals surface area (Å²) in [7, 11) is 0. The maximum absolute atomic E-state index is 13.5. The van der Waals surface area contributed by atoms with Gasteiger partial charge in [0.2, 0.25) is 0 Å². The molecule has 2 aromatic heterocycles. The highest BCUT2D eigenvalue weighted by molar-refractivity contribution is 5.98. The first-order valence-electron chi connectivity index (χ1n) is 13.3. The molecule has 0 unspecified atom stereocenters. The van der Waals surface area contributed by atoms with E-state index in [0.29, 0.717) is 54.4 Å². The van der Waals surface area contributed by atoms with Crippen LogP contribution in [0.25, 0.3) is 33.2 Å². The SMILES string of the molecule is CC(=O)O.NCCCCn1c(Cc2ccccc2)c(-c2nc3cc4c(cc3[nH]c2=O)OCCO4)c2ccccc21. The number of nitrogens with two attached hydrogens (primary N) is 1. The first-order chi connectivity index (χ1) is 19.5. The van der Waals surface area contributed by atoms with Gasteiger partial charge in [-0.25, -0.2) is 4.98 Å². The fourth-order valence-electron chi connectivity index (χ4n) is 5.06. The van der Waals surface area contributed by atoms with Gasteiger partial charge in [-0.1, -0.05) is 48.5 Å². The van der Waals surface area contributed by atoms with Crippen LogP contribution in [0.4, 0.5) is 0 Å². The van der Waals surface area contributed by atoms with Gasteiger partial charge in [0.05, 0.1) is 11.0 Å². The fourth-order valence-corrected chi connectivity index (χ4v) is 5.06. The number of unbranched alkanes of at least 4 members (excludes halogenated alkanes) is 1. The van der Waals surface area contributed by atoms with E-state index in [0.717, 1.165) is 48.5 Å². The lowest BCUT2D eigenvalue weighted by Gasteiger charge is -2.18. The van der Waals surface area contributed by atoms with Gasteiger partial charge in [0, 0.05) is 54.2 Å². The average molecular weight is 541 g/mol. The Labute approximate surface area is 231 Å². The van der Waals surface area contributed by atoms with Gasteiger partial charge in [0.15, 0.2) is 11.5 Å². The van der Waals surface area contributed by atoms with Crippen LogP contribution in [0.5, 0.6) is 11.5 Å². The molecule has 1 aliphatic heterocycles. The third-order valence-corrected chi connectivity index (χ3v) is 6.72. The van der Waals surface area contributed by atoms with Crippen LogP contribution >= 0.6 is 0 Å². The van der Waals surface area contributed by atoms with Crippen LogP contribution in [0.3, 0.4) is 0 Å². The number of aryl methyl sites for hydroxylation is 1. The monoisotopic (exact) mass is 540 g/mol. The molecule has 40 heavy (non-hydrogen) atoms. The third-order valence-electron chi connectivity index (χ3n) is 6.72. The number of ether oxygens (including phenoxy) is 2. The van der Waals surface area contributed by atoms with E-state index in [9.17, 15) is 4.79 Å². The van der Waals surface area contributed by atoms with E-state index in [-0.39, 0.29) is 5.56 Å². The normalized spacial score (nSPS) is 12.2. The molecule has 0 bridgehead atoms. The number of hydrogen-bond donors (Lipinski definition) is 3. The average Bonchev–Trinajstić information content (AvgIpc) is 3.24. The Morgan fingerprint density at radius 2 is 1.70 bits per heavy atom. The molecule has 206 valence electrons. The van der Waals surface area contributed by atoms with E-state index in [1.807, 2.05) is 36.4 Å². The van der Waals surface area contributed by atoms with Crippen molar-refractivity contribution in [2.24, 2.45) is 5.73 Å². The maximum atomic E-state index is 13.5. The van der Waals surface area contributed by atoms with Gasteiger partial charge in [0.1, 0.15) is 18.9 Å². The molecule has 3 heterocycles. The number of para-hydroxylation sites is 1. The van der Waals surface area contributed by atoms with Crippen molar-refractivity contribution in [3.63, 3.8) is 0 Å². The molecule has 0 atom stereocenters. The lowest BCUT2D eigenvalue weighted by molar-refractivity contribution is -0.134. The van der Waals surface area contributed by atoms with Crippen molar-refractivity contribution in [2.75, 3.05) is 19.8 Å². The molecule has 9 heteroatoms. The molecule has 0 aliphatic carbocycles. The highest BCUT2D eigenvalue weighted by Crippen LogP contribution is 2.37. The zero-order valence-corrected chi connectivity index (χ0v) is 22.4. The third kappa shape index (κ3) is 5.69. The number of aromatic amines is 1. The highest BCUT2D eigenvalue weighted by atomic mass is 16.6. The molecule has 0 fully saturated rings. The Bertz CT molecular complexity index is 1700. The van der Waals surface area contributed by atoms with Crippen molar-refractivity contribution in [3.8, 4) is 22.8 Å². The topological polar surface area (TPSA) is 132 Å². The maximum Gasteiger partial charge on any atom is 0.300 e. The quantitative estimate of drug-likeness (QED) is 0.254. The number of aliphatic carboxylic acids is 1. The molecule has 0 saturated heterocycles. The summed E-state index contributed by atoms with van der Waals surface area (Å²) in [5.41, 5.74) is 11.5. The van der Waals surface area contributed by atoms with Crippen molar-refractivity contribution in [1.29, 1.82) is 0 Å². The molecule has 0 amide bonds. The Kier molecular flexibility index (Phi) is 8.12. The van der Waals surface area contributed by atoms with Crippen molar-refractivity contribution in [1.82, 2.24) is 14.5 Å². The zero-order valence-electron chi connectivity index (χ0n) is 22.4. The van der Waals surface area contributed by atoms with Crippen molar-refractivity contribution in [3.05, 3.63) is 88.3 Å². The number of H-pyrrole nitrogens is 1. The molecule has 0 spiro atoms. The highest BCUT2D eigenvalue weighted by Gasteiger charge is 2.23. The summed E-state index contributed by atoms with van der Waals surface area (Å²) in [5.74, 6) is 0.438. The van der Waals surface area contributed by atoms with Gasteiger partial charge in [-0.15, -0.1) is 0 Å². The largest absolute Gasteiger partial charge is 0.486 e. The predicted molar refractivity (Wildman–Crippen MR) is 155 cm³/mol. The van der Waals surface area contributed by atoms with Crippen LogP contribution in [-0.2, 0) is 17.8 Å². The summed E-state index contributed by atoms with van der Waals surface area (Å²) in [4.78, 5) is 30.5. The van der Waals surface area contributed by atoms with E-state index in [2.05, 4.69) is 33.8 Å². The van der Waals surface area contributed by atoms with Gasteiger partial charge in [-0.2, -0.15) is 0 Å². The van der Waals surface area contributed by atoms with E-state index in [1.165, 1.54) is 5.56 Å². The second kappa shape index (κ2) is 12.0. The summed E-state index contributed by atoms with van der Waals surface area (Å²) >= 11 is 0. The number of hydrogen-bond acceptors (Lipinski definition) is 6. The second-order valence-corrected chi connectivity index (χ2v) is 9.60. The number of nitrogens with one attached hydrogen (secondary N) is 1. The van der Waals surface area contributed by atoms with Crippen LogP contribution in [0.15, 0.2) is 71.5 Å². The summed E-state index contributed by atoms with van der Waals surface area (Å²) in [6, 6.07) is 22.2. The standard InChI is InChI=1S/C29H28N4O3.C2H4O2/c30-12-6-7-13-33-23-11-5-4-10-20(23)27(24(33)16-19-8-2-1-3-9-19)28-29(34)32-22-18-26-25(17-21(22)31-28)35-14-15-36-26;1-2(3)4/h1-5,8-11,17-18H,6-7,12-16,30H2,(H,32,34);1H3,(H,3,4). The van der Waals surface area contributed by atoms with E-state index in [4.69, 9.17) is 30.1 Å². The number of aromatic nitrogens is 3. The van der Waals surface area contributed by atoms with Crippen LogP contribution in [0, 0.1) is 0 Å². The minimum Gasteiger partial charge on any atom is -0.486 e. The lowest BCUT2D eigenvalue weighted by atomic mass is 10.0. The van der Waals surface area contributed by atoms with E-state index in [1.54, 1.807) is 6.07 Å². The summed E-state index contributed by atoms with van der Waals surface area (Å²) in [6.45, 7) is 3.54. The number of rotatable bonds is 7. The van der Waals surface area contributed by atoms with Gasteiger partial charge < -0.3 is 29.9 Å². The zero-order chi connectivity index (χ0) is 28.1. The molecule has 0 radical (unpaired) electrons. The number of carboxylic acid groups (broad SMARTS) is 1. The molecule has 5 aromatic rings. The van der Waals surface area contributed by atoms with Crippen LogP contribution in [-0.4, -0.2) is 45.4 Å². The smallest absolute Gasteiger partial charge is 0.300 e. The predicted octanol–water partition coefficient (Wildman–Crippen LogP) is 4.74. The minimum absolute atomic E-state index is 0.224. The van der Waals surface area contributed by atoms with Gasteiger partial charge in [-0.05, 0) is 31.0 Å². The number of carbonyl (C=O) groups is 1. The second-order valence-electron chi connectivity index (χ2n) is 9.60. The molecule has 0 saturated carbocycles. The van der Waals surface area contributed by atoms with Gasteiger partial charge in [-0.3, -0.25) is 9.59 Å². The summed E-state index contributed by atoms with van der Waals surface area (Å²) < 4.78 is 13.8. The first-order valence-corrected chi connectivity index (χ1v) is 13.3. The number of fused-ring (bicyclic) bond motifs is 3. The summed E-state index contributed by atoms with van der Waals surface area (Å²) in [5, 5.41) is 8.44. The lowest BCUT2D eigenvalue weighted by Crippen LogP contribution is -2.17. The number of nitrogens with zero attached hydrogens (tertiary/aromatic N) is 2. The molecule has 9 nitrogen and oxygen atoms in total.